The van der Waals surface area contributed by atoms with Crippen molar-refractivity contribution >= 4 is 16.7 Å². The van der Waals surface area contributed by atoms with E-state index in [-0.39, 0.29) is 0 Å². The highest BCUT2D eigenvalue weighted by atomic mass is 16.5. The van der Waals surface area contributed by atoms with Gasteiger partial charge in [0.2, 0.25) is 0 Å². The van der Waals surface area contributed by atoms with Gasteiger partial charge in [0.05, 0.1) is 29.9 Å². The van der Waals surface area contributed by atoms with Crippen LogP contribution in [0, 0.1) is 6.92 Å². The van der Waals surface area contributed by atoms with E-state index >= 15 is 0 Å². The van der Waals surface area contributed by atoms with E-state index in [1.807, 2.05) is 45.5 Å². The molecule has 0 unspecified atom stereocenters. The van der Waals surface area contributed by atoms with Crippen LogP contribution in [-0.2, 0) is 0 Å². The van der Waals surface area contributed by atoms with Crippen LogP contribution < -0.4 is 4.74 Å². The minimum atomic E-state index is 0.680. The second-order valence-corrected chi connectivity index (χ2v) is 6.29. The quantitative estimate of drug-likeness (QED) is 0.495. The molecule has 3 heterocycles. The Hall–Kier alpha value is -3.74. The predicted molar refractivity (Wildman–Crippen MR) is 102 cm³/mol. The summed E-state index contributed by atoms with van der Waals surface area (Å²) in [6.45, 7) is 2.06. The number of hydrogen-bond donors (Lipinski definition) is 0. The van der Waals surface area contributed by atoms with Crippen LogP contribution in [0.15, 0.2) is 61.1 Å². The van der Waals surface area contributed by atoms with Gasteiger partial charge >= 0.3 is 0 Å². The third kappa shape index (κ3) is 2.36. The largest absolute Gasteiger partial charge is 0.496 e. The SMILES string of the molecule is COc1ccccc1-c1nnc2c3cnn(-c4ccc(C)cc4)c3ncn12. The molecule has 27 heavy (non-hydrogen) atoms. The first-order valence-corrected chi connectivity index (χ1v) is 8.54. The van der Waals surface area contributed by atoms with E-state index in [4.69, 9.17) is 4.74 Å². The van der Waals surface area contributed by atoms with Crippen LogP contribution in [-0.4, -0.2) is 36.5 Å². The molecule has 0 aliphatic carbocycles. The zero-order valence-corrected chi connectivity index (χ0v) is 14.9. The molecule has 0 aliphatic rings. The summed E-state index contributed by atoms with van der Waals surface area (Å²) in [6, 6.07) is 15.9. The fourth-order valence-corrected chi connectivity index (χ4v) is 3.21. The van der Waals surface area contributed by atoms with Crippen LogP contribution in [0.25, 0.3) is 33.8 Å². The lowest BCUT2D eigenvalue weighted by Crippen LogP contribution is -1.99. The highest BCUT2D eigenvalue weighted by Crippen LogP contribution is 2.30. The van der Waals surface area contributed by atoms with Crippen LogP contribution in [0.5, 0.6) is 5.75 Å². The average Bonchev–Trinajstić information content (AvgIpc) is 3.32. The summed E-state index contributed by atoms with van der Waals surface area (Å²) in [7, 11) is 1.64. The number of benzene rings is 2. The lowest BCUT2D eigenvalue weighted by molar-refractivity contribution is 0.416. The maximum atomic E-state index is 5.46. The topological polar surface area (TPSA) is 70.1 Å². The van der Waals surface area contributed by atoms with Gasteiger partial charge in [-0.3, -0.25) is 4.40 Å². The first-order chi connectivity index (χ1) is 13.3. The van der Waals surface area contributed by atoms with Crippen LogP contribution in [0.4, 0.5) is 0 Å². The third-order valence-corrected chi connectivity index (χ3v) is 4.60. The number of hydrogen-bond acceptors (Lipinski definition) is 5. The molecule has 0 spiro atoms. The smallest absolute Gasteiger partial charge is 0.175 e. The van der Waals surface area contributed by atoms with Gasteiger partial charge in [0.1, 0.15) is 12.1 Å². The average molecular weight is 356 g/mol. The van der Waals surface area contributed by atoms with Crippen LogP contribution >= 0.6 is 0 Å². The number of ether oxygens (including phenoxy) is 1. The number of nitrogens with zero attached hydrogens (tertiary/aromatic N) is 6. The molecule has 3 aromatic heterocycles. The van der Waals surface area contributed by atoms with E-state index in [0.29, 0.717) is 11.5 Å². The van der Waals surface area contributed by atoms with E-state index in [0.717, 1.165) is 28.0 Å². The Morgan fingerprint density at radius 3 is 2.56 bits per heavy atom. The van der Waals surface area contributed by atoms with Crippen molar-refractivity contribution in [2.75, 3.05) is 7.11 Å². The summed E-state index contributed by atoms with van der Waals surface area (Å²) < 4.78 is 9.13. The van der Waals surface area contributed by atoms with Crippen molar-refractivity contribution in [3.63, 3.8) is 0 Å². The molecule has 0 radical (unpaired) electrons. The minimum absolute atomic E-state index is 0.680. The molecule has 0 N–H and O–H groups in total. The number of aromatic nitrogens is 6. The first kappa shape index (κ1) is 15.5. The molecule has 0 aliphatic heterocycles. The Bertz CT molecular complexity index is 1270. The van der Waals surface area contributed by atoms with Gasteiger partial charge in [-0.25, -0.2) is 9.67 Å². The molecule has 0 fully saturated rings. The van der Waals surface area contributed by atoms with Gasteiger partial charge in [0, 0.05) is 0 Å². The van der Waals surface area contributed by atoms with E-state index in [1.54, 1.807) is 19.6 Å². The van der Waals surface area contributed by atoms with Gasteiger partial charge in [-0.2, -0.15) is 5.10 Å². The molecule has 7 nitrogen and oxygen atoms in total. The molecule has 0 amide bonds. The second-order valence-electron chi connectivity index (χ2n) is 6.29. The monoisotopic (exact) mass is 356 g/mol. The van der Waals surface area contributed by atoms with Crippen molar-refractivity contribution in [1.29, 1.82) is 0 Å². The summed E-state index contributed by atoms with van der Waals surface area (Å²) in [5, 5.41) is 14.1. The second kappa shape index (κ2) is 5.91. The van der Waals surface area contributed by atoms with Gasteiger partial charge in [0.25, 0.3) is 0 Å². The maximum absolute atomic E-state index is 5.46. The summed E-state index contributed by atoms with van der Waals surface area (Å²) in [4.78, 5) is 4.62. The number of para-hydroxylation sites is 1. The Balaban J connectivity index is 1.71. The molecular weight excluding hydrogens is 340 g/mol. The lowest BCUT2D eigenvalue weighted by Gasteiger charge is -2.06. The maximum Gasteiger partial charge on any atom is 0.175 e. The van der Waals surface area contributed by atoms with Crippen LogP contribution in [0.3, 0.4) is 0 Å². The van der Waals surface area contributed by atoms with E-state index in [9.17, 15) is 0 Å². The van der Waals surface area contributed by atoms with E-state index in [2.05, 4.69) is 39.3 Å². The molecule has 0 saturated carbocycles. The van der Waals surface area contributed by atoms with Gasteiger partial charge in [-0.15, -0.1) is 10.2 Å². The van der Waals surface area contributed by atoms with Crippen molar-refractivity contribution < 1.29 is 4.74 Å². The molecule has 5 rings (SSSR count). The van der Waals surface area contributed by atoms with E-state index in [1.165, 1.54) is 5.56 Å². The van der Waals surface area contributed by atoms with Crippen LogP contribution in [0.2, 0.25) is 0 Å². The Labute approximate surface area is 154 Å². The number of fused-ring (bicyclic) bond motifs is 3. The Kier molecular flexibility index (Phi) is 3.39. The summed E-state index contributed by atoms with van der Waals surface area (Å²) in [5.74, 6) is 1.42. The van der Waals surface area contributed by atoms with Crippen molar-refractivity contribution in [1.82, 2.24) is 29.4 Å². The molecule has 132 valence electrons. The molecule has 7 heteroatoms. The number of rotatable bonds is 3. The Morgan fingerprint density at radius 2 is 1.74 bits per heavy atom. The molecule has 0 atom stereocenters. The normalized spacial score (nSPS) is 11.3. The highest BCUT2D eigenvalue weighted by molar-refractivity contribution is 5.90. The predicted octanol–water partition coefficient (Wildman–Crippen LogP) is 3.45. The lowest BCUT2D eigenvalue weighted by atomic mass is 10.2. The van der Waals surface area contributed by atoms with E-state index < -0.39 is 0 Å². The molecule has 0 saturated heterocycles. The molecule has 2 aromatic carbocycles. The minimum Gasteiger partial charge on any atom is -0.496 e. The van der Waals surface area contributed by atoms with Gasteiger partial charge in [0.15, 0.2) is 17.1 Å². The van der Waals surface area contributed by atoms with Crippen molar-refractivity contribution in [3.8, 4) is 22.8 Å². The fourth-order valence-electron chi connectivity index (χ4n) is 3.21. The van der Waals surface area contributed by atoms with Gasteiger partial charge in [-0.1, -0.05) is 29.8 Å². The Morgan fingerprint density at radius 1 is 0.926 bits per heavy atom. The van der Waals surface area contributed by atoms with Crippen molar-refractivity contribution in [2.45, 2.75) is 6.92 Å². The number of methoxy groups -OCH3 is 1. The molecular formula is C20H16N6O. The molecule has 5 aromatic rings. The van der Waals surface area contributed by atoms with Crippen molar-refractivity contribution in [3.05, 3.63) is 66.6 Å². The summed E-state index contributed by atoms with van der Waals surface area (Å²) in [6.07, 6.45) is 3.50. The van der Waals surface area contributed by atoms with Gasteiger partial charge in [-0.05, 0) is 31.2 Å². The molecule has 0 bridgehead atoms. The standard InChI is InChI=1S/C20H16N6O/c1-13-7-9-14(10-8-13)26-18-16(11-22-26)20-24-23-19(25(20)12-21-18)15-5-3-4-6-17(15)27-2/h3-12H,1-2H3. The highest BCUT2D eigenvalue weighted by Gasteiger charge is 2.17. The van der Waals surface area contributed by atoms with Crippen LogP contribution in [0.1, 0.15) is 5.56 Å². The zero-order valence-electron chi connectivity index (χ0n) is 14.9. The number of aryl methyl sites for hydroxylation is 1. The fraction of sp³-hybridized carbons (Fsp3) is 0.100. The zero-order chi connectivity index (χ0) is 18.4. The first-order valence-electron chi connectivity index (χ1n) is 8.54. The summed E-state index contributed by atoms with van der Waals surface area (Å²) >= 11 is 0. The van der Waals surface area contributed by atoms with Gasteiger partial charge < -0.3 is 4.74 Å². The summed E-state index contributed by atoms with van der Waals surface area (Å²) in [5.41, 5.74) is 4.46. The third-order valence-electron chi connectivity index (χ3n) is 4.60. The van der Waals surface area contributed by atoms with Crippen molar-refractivity contribution in [2.24, 2.45) is 0 Å².